The van der Waals surface area contributed by atoms with Gasteiger partial charge in [-0.2, -0.15) is 0 Å². The second-order valence-corrected chi connectivity index (χ2v) is 5.07. The molecule has 3 nitrogen and oxygen atoms in total. The highest BCUT2D eigenvalue weighted by Gasteiger charge is 2.22. The van der Waals surface area contributed by atoms with Gasteiger partial charge in [-0.1, -0.05) is 19.1 Å². The minimum atomic E-state index is 0.0389. The molecule has 3 heteroatoms. The van der Waals surface area contributed by atoms with Crippen LogP contribution in [0.4, 0.5) is 0 Å². The normalized spacial score (nSPS) is 20.7. The number of hydrogen-bond acceptors (Lipinski definition) is 2. The topological polar surface area (TPSA) is 41.1 Å². The number of benzene rings is 1. The van der Waals surface area contributed by atoms with Crippen molar-refractivity contribution in [1.82, 2.24) is 10.6 Å². The molecule has 0 radical (unpaired) electrons. The maximum Gasteiger partial charge on any atom is 0.251 e. The van der Waals surface area contributed by atoms with E-state index in [2.05, 4.69) is 24.5 Å². The zero-order chi connectivity index (χ0) is 13.0. The van der Waals surface area contributed by atoms with Gasteiger partial charge >= 0.3 is 0 Å². The standard InChI is InChI=1S/C15H22N2O/c1-3-12-4-6-13(7-5-12)15(18)17-11(2)14-8-9-16-10-14/h4-7,11,14,16H,3,8-10H2,1-2H3,(H,17,18). The van der Waals surface area contributed by atoms with Crippen LogP contribution in [0.3, 0.4) is 0 Å². The summed E-state index contributed by atoms with van der Waals surface area (Å²) < 4.78 is 0. The summed E-state index contributed by atoms with van der Waals surface area (Å²) >= 11 is 0. The van der Waals surface area contributed by atoms with Crippen LogP contribution in [0.5, 0.6) is 0 Å². The highest BCUT2D eigenvalue weighted by atomic mass is 16.1. The Morgan fingerprint density at radius 1 is 1.44 bits per heavy atom. The summed E-state index contributed by atoms with van der Waals surface area (Å²) in [6, 6.07) is 8.10. The van der Waals surface area contributed by atoms with Crippen molar-refractivity contribution in [2.45, 2.75) is 32.7 Å². The third-order valence-corrected chi connectivity index (χ3v) is 3.79. The van der Waals surface area contributed by atoms with E-state index in [0.717, 1.165) is 31.5 Å². The Balaban J connectivity index is 1.93. The van der Waals surface area contributed by atoms with Gasteiger partial charge in [0.25, 0.3) is 5.91 Å². The molecular formula is C15H22N2O. The van der Waals surface area contributed by atoms with Crippen molar-refractivity contribution >= 4 is 5.91 Å². The molecule has 1 aromatic carbocycles. The van der Waals surface area contributed by atoms with Gasteiger partial charge in [0.1, 0.15) is 0 Å². The Kier molecular flexibility index (Phi) is 4.37. The fraction of sp³-hybridized carbons (Fsp3) is 0.533. The molecule has 0 aliphatic carbocycles. The summed E-state index contributed by atoms with van der Waals surface area (Å²) in [6.45, 7) is 6.28. The first-order chi connectivity index (χ1) is 8.70. The Hall–Kier alpha value is -1.35. The predicted molar refractivity (Wildman–Crippen MR) is 73.7 cm³/mol. The Morgan fingerprint density at radius 3 is 2.72 bits per heavy atom. The highest BCUT2D eigenvalue weighted by molar-refractivity contribution is 5.94. The molecule has 2 unspecified atom stereocenters. The second kappa shape index (κ2) is 6.01. The molecule has 2 N–H and O–H groups in total. The Labute approximate surface area is 109 Å². The summed E-state index contributed by atoms with van der Waals surface area (Å²) in [6.07, 6.45) is 2.16. The predicted octanol–water partition coefficient (Wildman–Crippen LogP) is 1.98. The number of carbonyl (C=O) groups is 1. The fourth-order valence-electron chi connectivity index (χ4n) is 2.40. The van der Waals surface area contributed by atoms with Crippen molar-refractivity contribution in [2.24, 2.45) is 5.92 Å². The lowest BCUT2D eigenvalue weighted by Gasteiger charge is -2.19. The highest BCUT2D eigenvalue weighted by Crippen LogP contribution is 2.13. The molecule has 1 saturated heterocycles. The fourth-order valence-corrected chi connectivity index (χ4v) is 2.40. The monoisotopic (exact) mass is 246 g/mol. The molecule has 2 atom stereocenters. The maximum absolute atomic E-state index is 12.1. The smallest absolute Gasteiger partial charge is 0.251 e. The number of amides is 1. The van der Waals surface area contributed by atoms with Crippen LogP contribution in [0.25, 0.3) is 0 Å². The lowest BCUT2D eigenvalue weighted by molar-refractivity contribution is 0.0929. The van der Waals surface area contributed by atoms with Crippen LogP contribution in [0.1, 0.15) is 36.2 Å². The first-order valence-electron chi connectivity index (χ1n) is 6.81. The molecule has 1 aliphatic rings. The van der Waals surface area contributed by atoms with Crippen LogP contribution >= 0.6 is 0 Å². The van der Waals surface area contributed by atoms with Crippen LogP contribution in [-0.4, -0.2) is 25.0 Å². The summed E-state index contributed by atoms with van der Waals surface area (Å²) in [7, 11) is 0. The molecule has 1 aromatic rings. The van der Waals surface area contributed by atoms with E-state index in [1.54, 1.807) is 0 Å². The lowest BCUT2D eigenvalue weighted by Crippen LogP contribution is -2.38. The Morgan fingerprint density at radius 2 is 2.17 bits per heavy atom. The van der Waals surface area contributed by atoms with Gasteiger partial charge < -0.3 is 10.6 Å². The zero-order valence-corrected chi connectivity index (χ0v) is 11.2. The van der Waals surface area contributed by atoms with E-state index in [9.17, 15) is 4.79 Å². The van der Waals surface area contributed by atoms with E-state index in [0.29, 0.717) is 5.92 Å². The molecule has 1 amide bonds. The van der Waals surface area contributed by atoms with Crippen molar-refractivity contribution in [3.63, 3.8) is 0 Å². The van der Waals surface area contributed by atoms with Gasteiger partial charge in [-0.05, 0) is 56.5 Å². The third kappa shape index (κ3) is 3.10. The van der Waals surface area contributed by atoms with Crippen molar-refractivity contribution in [3.8, 4) is 0 Å². The molecule has 18 heavy (non-hydrogen) atoms. The molecule has 1 aliphatic heterocycles. The lowest BCUT2D eigenvalue weighted by atomic mass is 10.00. The summed E-state index contributed by atoms with van der Waals surface area (Å²) in [5, 5.41) is 6.43. The van der Waals surface area contributed by atoms with Crippen molar-refractivity contribution in [1.29, 1.82) is 0 Å². The molecule has 0 saturated carbocycles. The molecule has 2 rings (SSSR count). The van der Waals surface area contributed by atoms with Gasteiger partial charge in [-0.25, -0.2) is 0 Å². The first kappa shape index (κ1) is 13.1. The average Bonchev–Trinajstić information content (AvgIpc) is 2.92. The van der Waals surface area contributed by atoms with Gasteiger partial charge in [-0.15, -0.1) is 0 Å². The van der Waals surface area contributed by atoms with E-state index in [4.69, 9.17) is 0 Å². The van der Waals surface area contributed by atoms with Crippen LogP contribution in [0.2, 0.25) is 0 Å². The van der Waals surface area contributed by atoms with Crippen molar-refractivity contribution < 1.29 is 4.79 Å². The van der Waals surface area contributed by atoms with Crippen LogP contribution < -0.4 is 10.6 Å². The zero-order valence-electron chi connectivity index (χ0n) is 11.2. The molecule has 98 valence electrons. The van der Waals surface area contributed by atoms with E-state index >= 15 is 0 Å². The summed E-state index contributed by atoms with van der Waals surface area (Å²) in [4.78, 5) is 12.1. The quantitative estimate of drug-likeness (QED) is 0.853. The average molecular weight is 246 g/mol. The van der Waals surface area contributed by atoms with E-state index in [-0.39, 0.29) is 11.9 Å². The molecule has 0 bridgehead atoms. The van der Waals surface area contributed by atoms with E-state index < -0.39 is 0 Å². The van der Waals surface area contributed by atoms with Gasteiger partial charge in [0, 0.05) is 11.6 Å². The minimum absolute atomic E-state index is 0.0389. The molecule has 1 heterocycles. The van der Waals surface area contributed by atoms with Crippen LogP contribution in [0.15, 0.2) is 24.3 Å². The van der Waals surface area contributed by atoms with Crippen LogP contribution in [-0.2, 0) is 6.42 Å². The van der Waals surface area contributed by atoms with Crippen molar-refractivity contribution in [2.75, 3.05) is 13.1 Å². The number of nitrogens with one attached hydrogen (secondary N) is 2. The molecule has 0 spiro atoms. The van der Waals surface area contributed by atoms with E-state index in [1.165, 1.54) is 5.56 Å². The molecule has 0 aromatic heterocycles. The van der Waals surface area contributed by atoms with E-state index in [1.807, 2.05) is 24.3 Å². The third-order valence-electron chi connectivity index (χ3n) is 3.79. The van der Waals surface area contributed by atoms with Gasteiger partial charge in [0.2, 0.25) is 0 Å². The summed E-state index contributed by atoms with van der Waals surface area (Å²) in [5.41, 5.74) is 2.02. The second-order valence-electron chi connectivity index (χ2n) is 5.07. The molecular weight excluding hydrogens is 224 g/mol. The first-order valence-corrected chi connectivity index (χ1v) is 6.81. The van der Waals surface area contributed by atoms with Gasteiger partial charge in [0.05, 0.1) is 0 Å². The Bertz CT molecular complexity index is 393. The maximum atomic E-state index is 12.1. The number of rotatable bonds is 4. The van der Waals surface area contributed by atoms with Crippen LogP contribution in [0, 0.1) is 5.92 Å². The van der Waals surface area contributed by atoms with Gasteiger partial charge in [-0.3, -0.25) is 4.79 Å². The summed E-state index contributed by atoms with van der Waals surface area (Å²) in [5.74, 6) is 0.598. The number of carbonyl (C=O) groups excluding carboxylic acids is 1. The number of hydrogen-bond donors (Lipinski definition) is 2. The minimum Gasteiger partial charge on any atom is -0.349 e. The van der Waals surface area contributed by atoms with Gasteiger partial charge in [0.15, 0.2) is 0 Å². The SMILES string of the molecule is CCc1ccc(C(=O)NC(C)C2CCNC2)cc1. The largest absolute Gasteiger partial charge is 0.349 e. The molecule has 1 fully saturated rings. The number of aryl methyl sites for hydroxylation is 1. The van der Waals surface area contributed by atoms with Crippen molar-refractivity contribution in [3.05, 3.63) is 35.4 Å².